The SMILES string of the molecule is CC#Cc1nc(Cl)c(F)c(NC(=O)NC(=O)C(Cl)(Cl)Cl)c1C(=O)OCC. The molecule has 1 heterocycles. The number of imide groups is 1. The number of alkyl halides is 3. The maximum Gasteiger partial charge on any atom is 0.343 e. The van der Waals surface area contributed by atoms with Crippen LogP contribution < -0.4 is 10.6 Å². The van der Waals surface area contributed by atoms with Gasteiger partial charge in [-0.25, -0.2) is 19.0 Å². The largest absolute Gasteiger partial charge is 0.462 e. The van der Waals surface area contributed by atoms with Crippen molar-refractivity contribution in [1.29, 1.82) is 0 Å². The van der Waals surface area contributed by atoms with Gasteiger partial charge in [0.2, 0.25) is 0 Å². The first-order chi connectivity index (χ1) is 12.0. The van der Waals surface area contributed by atoms with Crippen LogP contribution in [0.15, 0.2) is 0 Å². The lowest BCUT2D eigenvalue weighted by molar-refractivity contribution is -0.119. The zero-order chi connectivity index (χ0) is 20.1. The van der Waals surface area contributed by atoms with Gasteiger partial charge in [0, 0.05) is 0 Å². The Hall–Kier alpha value is -1.79. The van der Waals surface area contributed by atoms with Crippen LogP contribution in [0.3, 0.4) is 0 Å². The van der Waals surface area contributed by atoms with Gasteiger partial charge in [0.15, 0.2) is 11.0 Å². The van der Waals surface area contributed by atoms with E-state index in [-0.39, 0.29) is 12.3 Å². The molecule has 26 heavy (non-hydrogen) atoms. The highest BCUT2D eigenvalue weighted by Crippen LogP contribution is 2.29. The predicted octanol–water partition coefficient (Wildman–Crippen LogP) is 3.44. The van der Waals surface area contributed by atoms with Crippen molar-refractivity contribution >= 4 is 70.0 Å². The fourth-order valence-corrected chi connectivity index (χ4v) is 1.90. The van der Waals surface area contributed by atoms with Gasteiger partial charge in [0.05, 0.1) is 12.3 Å². The summed E-state index contributed by atoms with van der Waals surface area (Å²) in [5.74, 6) is 1.35. The maximum atomic E-state index is 14.4. The summed E-state index contributed by atoms with van der Waals surface area (Å²) in [5.41, 5.74) is -1.42. The Morgan fingerprint density at radius 2 is 1.92 bits per heavy atom. The molecule has 12 heteroatoms. The summed E-state index contributed by atoms with van der Waals surface area (Å²) < 4.78 is 16.7. The van der Waals surface area contributed by atoms with Crippen molar-refractivity contribution < 1.29 is 23.5 Å². The van der Waals surface area contributed by atoms with Gasteiger partial charge in [-0.1, -0.05) is 52.3 Å². The first-order valence-corrected chi connectivity index (χ1v) is 8.22. The van der Waals surface area contributed by atoms with Gasteiger partial charge in [0.25, 0.3) is 9.70 Å². The van der Waals surface area contributed by atoms with Crippen molar-refractivity contribution in [1.82, 2.24) is 10.3 Å². The van der Waals surface area contributed by atoms with Crippen LogP contribution >= 0.6 is 46.4 Å². The number of nitrogens with zero attached hydrogens (tertiary/aromatic N) is 1. The lowest BCUT2D eigenvalue weighted by Crippen LogP contribution is -2.41. The highest BCUT2D eigenvalue weighted by Gasteiger charge is 2.33. The Morgan fingerprint density at radius 1 is 1.31 bits per heavy atom. The lowest BCUT2D eigenvalue weighted by atomic mass is 10.1. The van der Waals surface area contributed by atoms with E-state index in [0.29, 0.717) is 0 Å². The molecule has 0 aliphatic heterocycles. The zero-order valence-electron chi connectivity index (χ0n) is 13.2. The predicted molar refractivity (Wildman–Crippen MR) is 95.2 cm³/mol. The molecule has 0 fully saturated rings. The molecule has 0 atom stereocenters. The van der Waals surface area contributed by atoms with Crippen molar-refractivity contribution in [3.8, 4) is 11.8 Å². The van der Waals surface area contributed by atoms with Gasteiger partial charge in [-0.2, -0.15) is 0 Å². The number of halogens is 5. The number of pyridine rings is 1. The highest BCUT2D eigenvalue weighted by molar-refractivity contribution is 6.76. The summed E-state index contributed by atoms with van der Waals surface area (Å²) in [7, 11) is 0. The topological polar surface area (TPSA) is 97.4 Å². The fraction of sp³-hybridized carbons (Fsp3) is 0.286. The van der Waals surface area contributed by atoms with E-state index in [9.17, 15) is 18.8 Å². The monoisotopic (exact) mass is 443 g/mol. The summed E-state index contributed by atoms with van der Waals surface area (Å²) >= 11 is 21.6. The van der Waals surface area contributed by atoms with E-state index in [0.717, 1.165) is 0 Å². The Morgan fingerprint density at radius 3 is 2.42 bits per heavy atom. The average molecular weight is 445 g/mol. The number of hydrogen-bond donors (Lipinski definition) is 2. The van der Waals surface area contributed by atoms with Crippen LogP contribution in [0.4, 0.5) is 14.9 Å². The Kier molecular flexibility index (Phi) is 7.90. The number of urea groups is 1. The molecule has 7 nitrogen and oxygen atoms in total. The van der Waals surface area contributed by atoms with Gasteiger partial charge in [-0.3, -0.25) is 10.1 Å². The second kappa shape index (κ2) is 9.24. The third-order valence-electron chi connectivity index (χ3n) is 2.54. The second-order valence-corrected chi connectivity index (χ2v) is 6.96. The van der Waals surface area contributed by atoms with E-state index >= 15 is 0 Å². The smallest absolute Gasteiger partial charge is 0.343 e. The summed E-state index contributed by atoms with van der Waals surface area (Å²) in [4.78, 5) is 39.2. The molecule has 2 N–H and O–H groups in total. The number of esters is 1. The third-order valence-corrected chi connectivity index (χ3v) is 3.31. The summed E-state index contributed by atoms with van der Waals surface area (Å²) in [6.07, 6.45) is 0. The number of nitrogens with one attached hydrogen (secondary N) is 2. The van der Waals surface area contributed by atoms with Crippen LogP contribution in [0.1, 0.15) is 29.9 Å². The van der Waals surface area contributed by atoms with E-state index in [1.807, 2.05) is 5.32 Å². The Balaban J connectivity index is 3.39. The molecule has 0 spiro atoms. The van der Waals surface area contributed by atoms with Crippen LogP contribution in [0.2, 0.25) is 5.15 Å². The standard InChI is InChI=1S/C14H10Cl4FN3O4/c1-3-5-6-7(11(23)26-4-2)9(8(19)10(15)20-6)21-13(25)22-12(24)14(16,17)18/h4H2,1-2H3,(H2,20,21,22,24,25). The van der Waals surface area contributed by atoms with E-state index in [2.05, 4.69) is 16.8 Å². The normalized spacial score (nSPS) is 10.4. The fourth-order valence-electron chi connectivity index (χ4n) is 1.58. The van der Waals surface area contributed by atoms with Gasteiger partial charge in [-0.15, -0.1) is 0 Å². The molecule has 0 aromatic carbocycles. The molecule has 3 amide bonds. The molecule has 0 saturated heterocycles. The molecular formula is C14H10Cl4FN3O4. The molecule has 1 rings (SSSR count). The zero-order valence-corrected chi connectivity index (χ0v) is 16.2. The third kappa shape index (κ3) is 5.61. The molecule has 0 aliphatic carbocycles. The van der Waals surface area contributed by atoms with Crippen LogP contribution in [0.5, 0.6) is 0 Å². The molecular weight excluding hydrogens is 435 g/mol. The summed E-state index contributed by atoms with van der Waals surface area (Å²) in [5, 5.41) is 2.94. The van der Waals surface area contributed by atoms with Gasteiger partial charge in [0.1, 0.15) is 11.3 Å². The van der Waals surface area contributed by atoms with E-state index in [4.69, 9.17) is 51.1 Å². The second-order valence-electron chi connectivity index (χ2n) is 4.32. The summed E-state index contributed by atoms with van der Waals surface area (Å²) in [6.45, 7) is 2.91. The quantitative estimate of drug-likeness (QED) is 0.322. The Labute approximate surface area is 167 Å². The number of hydrogen-bond acceptors (Lipinski definition) is 5. The maximum absolute atomic E-state index is 14.4. The number of aromatic nitrogens is 1. The molecule has 140 valence electrons. The van der Waals surface area contributed by atoms with Crippen molar-refractivity contribution in [2.45, 2.75) is 17.6 Å². The van der Waals surface area contributed by atoms with Crippen molar-refractivity contribution in [2.75, 3.05) is 11.9 Å². The number of rotatable bonds is 3. The first-order valence-electron chi connectivity index (χ1n) is 6.70. The summed E-state index contributed by atoms with van der Waals surface area (Å²) in [6, 6.07) is -1.29. The van der Waals surface area contributed by atoms with E-state index in [1.165, 1.54) is 13.8 Å². The van der Waals surface area contributed by atoms with Crippen molar-refractivity contribution in [3.63, 3.8) is 0 Å². The minimum atomic E-state index is -2.44. The molecule has 0 bridgehead atoms. The molecule has 1 aromatic rings. The molecule has 0 aliphatic rings. The van der Waals surface area contributed by atoms with Crippen molar-refractivity contribution in [2.24, 2.45) is 0 Å². The number of carbonyl (C=O) groups excluding carboxylic acids is 3. The molecule has 0 unspecified atom stereocenters. The molecule has 0 radical (unpaired) electrons. The van der Waals surface area contributed by atoms with Crippen LogP contribution in [-0.2, 0) is 9.53 Å². The van der Waals surface area contributed by atoms with Crippen LogP contribution in [-0.4, -0.2) is 33.3 Å². The first kappa shape index (κ1) is 22.3. The van der Waals surface area contributed by atoms with E-state index < -0.39 is 43.9 Å². The van der Waals surface area contributed by atoms with Crippen LogP contribution in [0.25, 0.3) is 0 Å². The highest BCUT2D eigenvalue weighted by atomic mass is 35.6. The molecule has 1 aromatic heterocycles. The number of carbonyl (C=O) groups is 3. The van der Waals surface area contributed by atoms with E-state index in [1.54, 1.807) is 5.32 Å². The van der Waals surface area contributed by atoms with Gasteiger partial charge < -0.3 is 10.1 Å². The lowest BCUT2D eigenvalue weighted by Gasteiger charge is -2.15. The number of anilines is 1. The van der Waals surface area contributed by atoms with Gasteiger partial charge in [-0.05, 0) is 19.8 Å². The van der Waals surface area contributed by atoms with Crippen LogP contribution in [0, 0.1) is 17.7 Å². The van der Waals surface area contributed by atoms with Crippen molar-refractivity contribution in [3.05, 3.63) is 22.2 Å². The number of amides is 3. The van der Waals surface area contributed by atoms with Gasteiger partial charge >= 0.3 is 12.0 Å². The minimum absolute atomic E-state index is 0.0422. The Bertz CT molecular complexity index is 815. The average Bonchev–Trinajstić information content (AvgIpc) is 2.51. The molecule has 0 saturated carbocycles. The number of ether oxygens (including phenoxy) is 1. The minimum Gasteiger partial charge on any atom is -0.462 e.